The van der Waals surface area contributed by atoms with Crippen molar-refractivity contribution in [2.75, 3.05) is 12.9 Å². The van der Waals surface area contributed by atoms with Crippen LogP contribution in [0.1, 0.15) is 32.6 Å². The van der Waals surface area contributed by atoms with Gasteiger partial charge in [0.1, 0.15) is 0 Å². The van der Waals surface area contributed by atoms with Crippen LogP contribution in [-0.4, -0.2) is 18.5 Å². The minimum Gasteiger partial charge on any atom is -0.313 e. The van der Waals surface area contributed by atoms with Gasteiger partial charge >= 0.3 is 0 Å². The Morgan fingerprint density at radius 2 is 2.36 bits per heavy atom. The van der Waals surface area contributed by atoms with E-state index in [-0.39, 0.29) is 5.54 Å². The molecule has 1 rings (SSSR count). The smallest absolute Gasteiger partial charge is 0.0406 e. The maximum Gasteiger partial charge on any atom is 0.0406 e. The lowest BCUT2D eigenvalue weighted by Crippen LogP contribution is -2.48. The monoisotopic (exact) mass is 175 g/mol. The lowest BCUT2D eigenvalue weighted by atomic mass is 9.78. The maximum atomic E-state index is 5.94. The molecule has 0 saturated heterocycles. The molecule has 0 amide bonds. The van der Waals surface area contributed by atoms with Crippen molar-refractivity contribution in [3.05, 3.63) is 0 Å². The number of hydrogen-bond donors (Lipinski definition) is 1. The molecule has 1 fully saturated rings. The summed E-state index contributed by atoms with van der Waals surface area (Å²) in [4.78, 5) is 0. The molecule has 1 saturated carbocycles. The maximum absolute atomic E-state index is 5.94. The molecule has 2 atom stereocenters. The molecule has 0 aromatic heterocycles. The minimum absolute atomic E-state index is 0.249. The van der Waals surface area contributed by atoms with E-state index in [4.69, 9.17) is 11.6 Å². The minimum atomic E-state index is 0.249. The van der Waals surface area contributed by atoms with Crippen molar-refractivity contribution in [3.8, 4) is 0 Å². The number of halogens is 1. The van der Waals surface area contributed by atoms with Gasteiger partial charge in [0.15, 0.2) is 0 Å². The van der Waals surface area contributed by atoms with Crippen LogP contribution in [0.15, 0.2) is 0 Å². The lowest BCUT2D eigenvalue weighted by molar-refractivity contribution is 0.221. The summed E-state index contributed by atoms with van der Waals surface area (Å²) in [6.07, 6.45) is 5.19. The zero-order valence-corrected chi connectivity index (χ0v) is 8.25. The number of nitrogens with one attached hydrogen (secondary N) is 1. The average Bonchev–Trinajstić information content (AvgIpc) is 2.04. The first-order chi connectivity index (χ1) is 5.22. The molecule has 2 heteroatoms. The molecule has 66 valence electrons. The third kappa shape index (κ3) is 2.09. The summed E-state index contributed by atoms with van der Waals surface area (Å²) < 4.78 is 0. The zero-order valence-electron chi connectivity index (χ0n) is 7.49. The fourth-order valence-corrected chi connectivity index (χ4v) is 2.45. The lowest BCUT2D eigenvalue weighted by Gasteiger charge is -2.38. The molecule has 0 bridgehead atoms. The van der Waals surface area contributed by atoms with Crippen molar-refractivity contribution in [2.45, 2.75) is 38.1 Å². The average molecular weight is 176 g/mol. The van der Waals surface area contributed by atoms with Gasteiger partial charge in [0.05, 0.1) is 0 Å². The van der Waals surface area contributed by atoms with Crippen LogP contribution in [0.4, 0.5) is 0 Å². The summed E-state index contributed by atoms with van der Waals surface area (Å²) in [5, 5.41) is 3.37. The van der Waals surface area contributed by atoms with Crippen molar-refractivity contribution in [1.29, 1.82) is 0 Å². The van der Waals surface area contributed by atoms with Gasteiger partial charge in [-0.2, -0.15) is 0 Å². The molecule has 0 aromatic carbocycles. The predicted molar refractivity (Wildman–Crippen MR) is 50.1 cm³/mol. The first kappa shape index (κ1) is 9.34. The van der Waals surface area contributed by atoms with Crippen LogP contribution in [0.25, 0.3) is 0 Å². The van der Waals surface area contributed by atoms with E-state index >= 15 is 0 Å². The van der Waals surface area contributed by atoms with Crippen LogP contribution >= 0.6 is 11.6 Å². The largest absolute Gasteiger partial charge is 0.313 e. The molecule has 0 aromatic rings. The Hall–Kier alpha value is 0.250. The van der Waals surface area contributed by atoms with Crippen LogP contribution in [0.5, 0.6) is 0 Å². The van der Waals surface area contributed by atoms with Gasteiger partial charge in [0.2, 0.25) is 0 Å². The van der Waals surface area contributed by atoms with Gasteiger partial charge in [0.25, 0.3) is 0 Å². The molecular formula is C9H18ClN. The molecule has 0 heterocycles. The summed E-state index contributed by atoms with van der Waals surface area (Å²) in [7, 11) is 2.03. The number of rotatable bonds is 2. The highest BCUT2D eigenvalue weighted by Gasteiger charge is 2.32. The van der Waals surface area contributed by atoms with Gasteiger partial charge < -0.3 is 5.32 Å². The highest BCUT2D eigenvalue weighted by atomic mass is 35.5. The molecule has 11 heavy (non-hydrogen) atoms. The molecular weight excluding hydrogens is 158 g/mol. The molecule has 1 nitrogen and oxygen atoms in total. The topological polar surface area (TPSA) is 12.0 Å². The Balaban J connectivity index is 2.52. The van der Waals surface area contributed by atoms with Crippen LogP contribution in [-0.2, 0) is 0 Å². The van der Waals surface area contributed by atoms with Crippen molar-refractivity contribution in [1.82, 2.24) is 5.32 Å². The fourth-order valence-electron chi connectivity index (χ4n) is 2.08. The summed E-state index contributed by atoms with van der Waals surface area (Å²) in [5.41, 5.74) is 0.249. The van der Waals surface area contributed by atoms with Crippen molar-refractivity contribution >= 4 is 11.6 Å². The second-order valence-corrected chi connectivity index (χ2v) is 4.13. The fraction of sp³-hybridized carbons (Fsp3) is 1.00. The Kier molecular flexibility index (Phi) is 3.20. The van der Waals surface area contributed by atoms with Gasteiger partial charge in [-0.1, -0.05) is 19.8 Å². The van der Waals surface area contributed by atoms with Crippen molar-refractivity contribution < 1.29 is 0 Å². The Bertz CT molecular complexity index is 121. The Morgan fingerprint density at radius 1 is 1.64 bits per heavy atom. The van der Waals surface area contributed by atoms with Crippen LogP contribution in [0, 0.1) is 5.92 Å². The summed E-state index contributed by atoms with van der Waals surface area (Å²) >= 11 is 5.94. The Morgan fingerprint density at radius 3 is 2.73 bits per heavy atom. The van der Waals surface area contributed by atoms with E-state index in [1.54, 1.807) is 0 Å². The van der Waals surface area contributed by atoms with Gasteiger partial charge in [-0.05, 0) is 25.8 Å². The van der Waals surface area contributed by atoms with Crippen molar-refractivity contribution in [2.24, 2.45) is 5.92 Å². The SMILES string of the molecule is CNC1(CCl)CCCC(C)C1. The van der Waals surface area contributed by atoms with Gasteiger partial charge in [-0.3, -0.25) is 0 Å². The van der Waals surface area contributed by atoms with E-state index in [0.29, 0.717) is 0 Å². The van der Waals surface area contributed by atoms with Crippen LogP contribution < -0.4 is 5.32 Å². The summed E-state index contributed by atoms with van der Waals surface area (Å²) in [6.45, 7) is 2.32. The Labute approximate surface area is 74.5 Å². The van der Waals surface area contributed by atoms with Gasteiger partial charge in [0, 0.05) is 11.4 Å². The summed E-state index contributed by atoms with van der Waals surface area (Å²) in [6, 6.07) is 0. The van der Waals surface area contributed by atoms with Crippen LogP contribution in [0.3, 0.4) is 0 Å². The van der Waals surface area contributed by atoms with E-state index in [0.717, 1.165) is 11.8 Å². The standard InChI is InChI=1S/C9H18ClN/c1-8-4-3-5-9(6-8,7-10)11-2/h8,11H,3-7H2,1-2H3. The van der Waals surface area contributed by atoms with Gasteiger partial charge in [-0.15, -0.1) is 11.6 Å². The molecule has 0 spiro atoms. The highest BCUT2D eigenvalue weighted by molar-refractivity contribution is 6.18. The first-order valence-electron chi connectivity index (χ1n) is 4.47. The van der Waals surface area contributed by atoms with Crippen molar-refractivity contribution in [3.63, 3.8) is 0 Å². The highest BCUT2D eigenvalue weighted by Crippen LogP contribution is 2.32. The van der Waals surface area contributed by atoms with E-state index < -0.39 is 0 Å². The van der Waals surface area contributed by atoms with E-state index in [1.807, 2.05) is 7.05 Å². The van der Waals surface area contributed by atoms with Gasteiger partial charge in [-0.25, -0.2) is 0 Å². The van der Waals surface area contributed by atoms with E-state index in [2.05, 4.69) is 12.2 Å². The molecule has 0 aliphatic heterocycles. The van der Waals surface area contributed by atoms with E-state index in [9.17, 15) is 0 Å². The normalized spacial score (nSPS) is 39.0. The predicted octanol–water partition coefficient (Wildman–Crippen LogP) is 2.39. The zero-order chi connectivity index (χ0) is 8.32. The molecule has 2 unspecified atom stereocenters. The quantitative estimate of drug-likeness (QED) is 0.636. The number of alkyl halides is 1. The first-order valence-corrected chi connectivity index (χ1v) is 5.01. The second-order valence-electron chi connectivity index (χ2n) is 3.87. The summed E-state index contributed by atoms with van der Waals surface area (Å²) in [5.74, 6) is 1.60. The molecule has 1 aliphatic carbocycles. The second kappa shape index (κ2) is 3.77. The molecule has 1 aliphatic rings. The molecule has 0 radical (unpaired) electrons. The van der Waals surface area contributed by atoms with E-state index in [1.165, 1.54) is 25.7 Å². The molecule has 1 N–H and O–H groups in total. The van der Waals surface area contributed by atoms with Crippen LogP contribution in [0.2, 0.25) is 0 Å². The third-order valence-corrected chi connectivity index (χ3v) is 3.39. The third-order valence-electron chi connectivity index (χ3n) is 2.88. The number of hydrogen-bond acceptors (Lipinski definition) is 1.